The Labute approximate surface area is 95.7 Å². The van der Waals surface area contributed by atoms with Crippen LogP contribution in [-0.4, -0.2) is 22.8 Å². The van der Waals surface area contributed by atoms with Crippen molar-refractivity contribution in [3.8, 4) is 0 Å². The first-order valence-electron chi connectivity index (χ1n) is 5.41. The Bertz CT molecular complexity index is 383. The Morgan fingerprint density at radius 2 is 2.00 bits per heavy atom. The Morgan fingerprint density at radius 1 is 1.38 bits per heavy atom. The maximum Gasteiger partial charge on any atom is 0.313 e. The Balaban J connectivity index is 3.19. The van der Waals surface area contributed by atoms with Gasteiger partial charge in [0.25, 0.3) is 0 Å². The molecule has 0 amide bonds. The first-order valence-corrected chi connectivity index (χ1v) is 5.41. The molecule has 1 rings (SSSR count). The number of aliphatic carboxylic acids is 1. The number of benzene rings is 1. The molecule has 0 saturated carbocycles. The molecule has 0 bridgehead atoms. The number of hydrogen-bond acceptors (Lipinski definition) is 2. The Morgan fingerprint density at radius 3 is 2.44 bits per heavy atom. The number of aliphatic hydroxyl groups excluding tert-OH is 1. The van der Waals surface area contributed by atoms with E-state index in [1.807, 2.05) is 25.1 Å². The number of carbonyl (C=O) groups is 1. The van der Waals surface area contributed by atoms with Gasteiger partial charge in [0.15, 0.2) is 0 Å². The third-order valence-electron chi connectivity index (χ3n) is 2.83. The molecule has 16 heavy (non-hydrogen) atoms. The molecule has 3 nitrogen and oxygen atoms in total. The molecular weight excluding hydrogens is 204 g/mol. The molecule has 88 valence electrons. The largest absolute Gasteiger partial charge is 0.481 e. The lowest BCUT2D eigenvalue weighted by Crippen LogP contribution is -2.17. The maximum atomic E-state index is 11.0. The van der Waals surface area contributed by atoms with Gasteiger partial charge in [-0.3, -0.25) is 4.79 Å². The number of carboxylic acid groups (broad SMARTS) is 1. The SMILES string of the molecule is Cc1ccc(C(C)C)cc1C(CO)C(=O)O. The first kappa shape index (κ1) is 12.7. The zero-order chi connectivity index (χ0) is 12.3. The molecular formula is C13H18O3. The monoisotopic (exact) mass is 222 g/mol. The first-order chi connectivity index (χ1) is 7.47. The predicted molar refractivity (Wildman–Crippen MR) is 62.7 cm³/mol. The quantitative estimate of drug-likeness (QED) is 0.821. The van der Waals surface area contributed by atoms with E-state index in [0.29, 0.717) is 11.5 Å². The number of carboxylic acids is 1. The molecule has 1 aromatic rings. The van der Waals surface area contributed by atoms with Gasteiger partial charge in [-0.05, 0) is 29.5 Å². The fourth-order valence-corrected chi connectivity index (χ4v) is 1.70. The second-order valence-corrected chi connectivity index (χ2v) is 4.34. The van der Waals surface area contributed by atoms with E-state index in [-0.39, 0.29) is 6.61 Å². The van der Waals surface area contributed by atoms with Gasteiger partial charge in [-0.1, -0.05) is 32.0 Å². The van der Waals surface area contributed by atoms with Crippen LogP contribution in [0, 0.1) is 6.92 Å². The second-order valence-electron chi connectivity index (χ2n) is 4.34. The van der Waals surface area contributed by atoms with Gasteiger partial charge in [0.1, 0.15) is 5.92 Å². The molecule has 2 N–H and O–H groups in total. The van der Waals surface area contributed by atoms with Gasteiger partial charge < -0.3 is 10.2 Å². The predicted octanol–water partition coefficient (Wildman–Crippen LogP) is 2.28. The minimum absolute atomic E-state index is 0.354. The van der Waals surface area contributed by atoms with Crippen LogP contribution in [0.25, 0.3) is 0 Å². The highest BCUT2D eigenvalue weighted by Crippen LogP contribution is 2.24. The molecule has 3 heteroatoms. The fourth-order valence-electron chi connectivity index (χ4n) is 1.70. The third-order valence-corrected chi connectivity index (χ3v) is 2.83. The number of hydrogen-bond donors (Lipinski definition) is 2. The molecule has 0 spiro atoms. The van der Waals surface area contributed by atoms with E-state index >= 15 is 0 Å². The summed E-state index contributed by atoms with van der Waals surface area (Å²) in [7, 11) is 0. The van der Waals surface area contributed by atoms with Crippen LogP contribution in [0.15, 0.2) is 18.2 Å². The van der Waals surface area contributed by atoms with Crippen molar-refractivity contribution in [3.05, 3.63) is 34.9 Å². The van der Waals surface area contributed by atoms with E-state index in [4.69, 9.17) is 10.2 Å². The molecule has 0 saturated heterocycles. The van der Waals surface area contributed by atoms with Crippen molar-refractivity contribution in [2.45, 2.75) is 32.6 Å². The van der Waals surface area contributed by atoms with Crippen molar-refractivity contribution in [1.29, 1.82) is 0 Å². The normalized spacial score (nSPS) is 12.8. The Kier molecular flexibility index (Phi) is 4.07. The lowest BCUT2D eigenvalue weighted by molar-refractivity contribution is -0.139. The highest BCUT2D eigenvalue weighted by Gasteiger charge is 2.21. The van der Waals surface area contributed by atoms with Crippen LogP contribution in [0.3, 0.4) is 0 Å². The van der Waals surface area contributed by atoms with Gasteiger partial charge in [0.2, 0.25) is 0 Å². The zero-order valence-electron chi connectivity index (χ0n) is 9.90. The van der Waals surface area contributed by atoms with Gasteiger partial charge >= 0.3 is 5.97 Å². The molecule has 0 radical (unpaired) electrons. The molecule has 0 aromatic heterocycles. The molecule has 1 unspecified atom stereocenters. The summed E-state index contributed by atoms with van der Waals surface area (Å²) in [4.78, 5) is 11.0. The maximum absolute atomic E-state index is 11.0. The van der Waals surface area contributed by atoms with E-state index in [9.17, 15) is 4.79 Å². The van der Waals surface area contributed by atoms with Crippen molar-refractivity contribution in [2.75, 3.05) is 6.61 Å². The van der Waals surface area contributed by atoms with E-state index < -0.39 is 11.9 Å². The summed E-state index contributed by atoms with van der Waals surface area (Å²) in [5.41, 5.74) is 2.72. The van der Waals surface area contributed by atoms with Crippen LogP contribution in [0.2, 0.25) is 0 Å². The highest BCUT2D eigenvalue weighted by molar-refractivity contribution is 5.76. The van der Waals surface area contributed by atoms with Crippen molar-refractivity contribution >= 4 is 5.97 Å². The fraction of sp³-hybridized carbons (Fsp3) is 0.462. The van der Waals surface area contributed by atoms with Crippen molar-refractivity contribution in [3.63, 3.8) is 0 Å². The van der Waals surface area contributed by atoms with Gasteiger partial charge in [0.05, 0.1) is 6.61 Å². The van der Waals surface area contributed by atoms with Crippen LogP contribution >= 0.6 is 0 Å². The van der Waals surface area contributed by atoms with Crippen LogP contribution < -0.4 is 0 Å². The van der Waals surface area contributed by atoms with Gasteiger partial charge in [-0.25, -0.2) is 0 Å². The van der Waals surface area contributed by atoms with E-state index in [1.54, 1.807) is 0 Å². The van der Waals surface area contributed by atoms with Crippen molar-refractivity contribution in [1.82, 2.24) is 0 Å². The molecule has 0 aliphatic heterocycles. The number of aliphatic hydroxyl groups is 1. The van der Waals surface area contributed by atoms with Gasteiger partial charge in [-0.2, -0.15) is 0 Å². The lowest BCUT2D eigenvalue weighted by Gasteiger charge is -2.15. The summed E-state index contributed by atoms with van der Waals surface area (Å²) in [6.45, 7) is 5.62. The highest BCUT2D eigenvalue weighted by atomic mass is 16.4. The topological polar surface area (TPSA) is 57.5 Å². The van der Waals surface area contributed by atoms with Crippen LogP contribution in [-0.2, 0) is 4.79 Å². The third kappa shape index (κ3) is 2.61. The molecule has 0 fully saturated rings. The lowest BCUT2D eigenvalue weighted by atomic mass is 9.91. The summed E-state index contributed by atoms with van der Waals surface area (Å²) in [5.74, 6) is -1.45. The summed E-state index contributed by atoms with van der Waals surface area (Å²) < 4.78 is 0. The van der Waals surface area contributed by atoms with Crippen LogP contribution in [0.4, 0.5) is 0 Å². The standard InChI is InChI=1S/C13H18O3/c1-8(2)10-5-4-9(3)11(6-10)12(7-14)13(15)16/h4-6,8,12,14H,7H2,1-3H3,(H,15,16). The minimum atomic E-state index is -0.980. The average Bonchev–Trinajstić information content (AvgIpc) is 2.20. The number of aryl methyl sites for hydroxylation is 1. The Hall–Kier alpha value is -1.35. The summed E-state index contributed by atoms with van der Waals surface area (Å²) in [5, 5.41) is 18.1. The molecule has 0 heterocycles. The minimum Gasteiger partial charge on any atom is -0.481 e. The smallest absolute Gasteiger partial charge is 0.313 e. The van der Waals surface area contributed by atoms with Gasteiger partial charge in [-0.15, -0.1) is 0 Å². The average molecular weight is 222 g/mol. The van der Waals surface area contributed by atoms with Crippen LogP contribution in [0.5, 0.6) is 0 Å². The van der Waals surface area contributed by atoms with Crippen molar-refractivity contribution in [2.24, 2.45) is 0 Å². The molecule has 0 aliphatic rings. The molecule has 1 atom stereocenters. The second kappa shape index (κ2) is 5.12. The van der Waals surface area contributed by atoms with E-state index in [0.717, 1.165) is 11.1 Å². The molecule has 0 aliphatic carbocycles. The zero-order valence-corrected chi connectivity index (χ0v) is 9.90. The van der Waals surface area contributed by atoms with Crippen LogP contribution in [0.1, 0.15) is 42.4 Å². The van der Waals surface area contributed by atoms with Crippen molar-refractivity contribution < 1.29 is 15.0 Å². The summed E-state index contributed by atoms with van der Waals surface area (Å²) in [6.07, 6.45) is 0. The van der Waals surface area contributed by atoms with E-state index in [2.05, 4.69) is 13.8 Å². The summed E-state index contributed by atoms with van der Waals surface area (Å²) >= 11 is 0. The van der Waals surface area contributed by atoms with Gasteiger partial charge in [0, 0.05) is 0 Å². The molecule has 1 aromatic carbocycles. The van der Waals surface area contributed by atoms with E-state index in [1.165, 1.54) is 0 Å². The number of rotatable bonds is 4. The summed E-state index contributed by atoms with van der Waals surface area (Å²) in [6, 6.07) is 5.80.